The number of benzene rings is 1. The predicted octanol–water partition coefficient (Wildman–Crippen LogP) is 4.33. The number of methoxy groups -OCH3 is 1. The van der Waals surface area contributed by atoms with Crippen molar-refractivity contribution in [2.45, 2.75) is 49.7 Å². The van der Waals surface area contributed by atoms with E-state index < -0.39 is 23.5 Å². The molecule has 1 unspecified atom stereocenters. The maximum atomic E-state index is 15.0. The van der Waals surface area contributed by atoms with Crippen LogP contribution in [0.25, 0.3) is 32.4 Å². The van der Waals surface area contributed by atoms with Crippen LogP contribution in [0.3, 0.4) is 0 Å². The number of hydrogen-bond donors (Lipinski definition) is 2. The molecule has 4 aromatic rings. The summed E-state index contributed by atoms with van der Waals surface area (Å²) in [5, 5.41) is 1.84. The molecule has 3 aromatic heterocycles. The number of hydrogen-bond acceptors (Lipinski definition) is 9. The number of fused-ring (bicyclic) bond motifs is 1. The van der Waals surface area contributed by atoms with Gasteiger partial charge in [-0.15, -0.1) is 23.1 Å². The third-order valence-corrected chi connectivity index (χ3v) is 9.90. The highest BCUT2D eigenvalue weighted by Gasteiger charge is 2.40. The zero-order valence-corrected chi connectivity index (χ0v) is 24.6. The largest absolute Gasteiger partial charge is 0.417 e. The summed E-state index contributed by atoms with van der Waals surface area (Å²) in [6.45, 7) is 7.97. The molecule has 5 heterocycles. The highest BCUT2D eigenvalue weighted by atomic mass is 32.2. The average Bonchev–Trinajstić information content (AvgIpc) is 3.41. The van der Waals surface area contributed by atoms with Gasteiger partial charge in [-0.25, -0.2) is 9.78 Å². The minimum atomic E-state index is -4.73. The Morgan fingerprint density at radius 3 is 2.60 bits per heavy atom. The Kier molecular flexibility index (Phi) is 7.01. The number of thioether (sulfide) groups is 1. The Morgan fingerprint density at radius 2 is 1.95 bits per heavy atom. The molecule has 3 N–H and O–H groups in total. The summed E-state index contributed by atoms with van der Waals surface area (Å²) < 4.78 is 51.9. The van der Waals surface area contributed by atoms with E-state index in [0.29, 0.717) is 32.1 Å². The van der Waals surface area contributed by atoms with Crippen molar-refractivity contribution in [3.8, 4) is 11.1 Å². The summed E-state index contributed by atoms with van der Waals surface area (Å²) in [5.74, 6) is 0.354. The lowest BCUT2D eigenvalue weighted by Crippen LogP contribution is -2.58. The van der Waals surface area contributed by atoms with E-state index in [4.69, 9.17) is 10.5 Å². The molecule has 1 aromatic carbocycles. The number of alkyl halides is 3. The van der Waals surface area contributed by atoms with E-state index in [1.807, 2.05) is 13.8 Å². The number of rotatable bonds is 4. The van der Waals surface area contributed by atoms with E-state index in [1.165, 1.54) is 40.9 Å². The van der Waals surface area contributed by atoms with Crippen molar-refractivity contribution in [1.29, 1.82) is 0 Å². The van der Waals surface area contributed by atoms with Gasteiger partial charge in [-0.2, -0.15) is 18.2 Å². The van der Waals surface area contributed by atoms with Crippen molar-refractivity contribution >= 4 is 62.0 Å². The van der Waals surface area contributed by atoms with E-state index >= 15 is 0 Å². The van der Waals surface area contributed by atoms with Crippen molar-refractivity contribution in [3.63, 3.8) is 0 Å². The van der Waals surface area contributed by atoms with Crippen LogP contribution in [-0.2, 0) is 22.3 Å². The molecule has 2 aliphatic heterocycles. The number of piperazine rings is 1. The first-order valence-corrected chi connectivity index (χ1v) is 15.1. The molecular formula is C27H28F3N7O3S2. The van der Waals surface area contributed by atoms with Crippen LogP contribution in [0.15, 0.2) is 33.8 Å². The second kappa shape index (κ2) is 10.3. The zero-order chi connectivity index (χ0) is 30.1. The van der Waals surface area contributed by atoms with E-state index in [1.54, 1.807) is 15.2 Å². The van der Waals surface area contributed by atoms with Gasteiger partial charge in [0.15, 0.2) is 5.95 Å². The lowest BCUT2D eigenvalue weighted by Gasteiger charge is -2.44. The van der Waals surface area contributed by atoms with Crippen LogP contribution in [0.1, 0.15) is 19.4 Å². The number of nitrogen functional groups attached to an aromatic ring is 1. The van der Waals surface area contributed by atoms with E-state index in [0.717, 1.165) is 6.07 Å². The topological polar surface area (TPSA) is 122 Å². The number of thiophene rings is 1. The molecule has 0 spiro atoms. The number of imidazole rings is 1. The molecular weight excluding hydrogens is 591 g/mol. The summed E-state index contributed by atoms with van der Waals surface area (Å²) in [6, 6.07) is 0.499. The van der Waals surface area contributed by atoms with Crippen LogP contribution in [0, 0.1) is 0 Å². The maximum absolute atomic E-state index is 15.0. The number of nitrogens with two attached hydrogens (primary N) is 1. The summed E-state index contributed by atoms with van der Waals surface area (Å²) in [5.41, 5.74) is 5.46. The Labute approximate surface area is 246 Å². The molecule has 3 atom stereocenters. The van der Waals surface area contributed by atoms with Crippen LogP contribution in [0.5, 0.6) is 0 Å². The van der Waals surface area contributed by atoms with Crippen LogP contribution >= 0.6 is 23.1 Å². The quantitative estimate of drug-likeness (QED) is 0.324. The van der Waals surface area contributed by atoms with Gasteiger partial charge in [0.2, 0.25) is 5.91 Å². The lowest BCUT2D eigenvalue weighted by molar-refractivity contribution is -0.137. The SMILES string of the molecule is C=CC(=O)N1[C@H](C)CN(c2nc(=O)n3c4c(c(-c5csc6nc(N)[nH]c56)c(C(F)(F)F)cc24)SCC(OC)C3)C[C@@H]1C. The third kappa shape index (κ3) is 4.54. The van der Waals surface area contributed by atoms with E-state index in [-0.39, 0.29) is 60.3 Å². The molecule has 10 nitrogen and oxygen atoms in total. The normalized spacial score (nSPS) is 21.2. The minimum absolute atomic E-state index is 0.0416. The smallest absolute Gasteiger partial charge is 0.379 e. The number of halogens is 3. The Morgan fingerprint density at radius 1 is 1.24 bits per heavy atom. The number of carbonyl (C=O) groups excluding carboxylic acids is 1. The van der Waals surface area contributed by atoms with Gasteiger partial charge >= 0.3 is 11.9 Å². The second-order valence-electron chi connectivity index (χ2n) is 10.5. The highest BCUT2D eigenvalue weighted by Crippen LogP contribution is 2.50. The van der Waals surface area contributed by atoms with Gasteiger partial charge < -0.3 is 25.3 Å². The van der Waals surface area contributed by atoms with Crippen molar-refractivity contribution in [1.82, 2.24) is 24.4 Å². The molecule has 0 saturated carbocycles. The molecule has 2 aliphatic rings. The standard InChI is InChI=1S/C27H28F3N7O3S2/c1-5-18(38)37-12(2)7-35(8-13(37)3)23-15-6-17(27(28,29)30)19(16-11-42-24-20(16)32-25(31)34-24)22-21(15)36(26(39)33-23)9-14(40-4)10-41-22/h5-6,11-14H,1,7-10H2,2-4H3,(H3,31,32,34)/t12-,13+,14?. The average molecular weight is 620 g/mol. The number of carbonyl (C=O) groups is 1. The fraction of sp³-hybridized carbons (Fsp3) is 0.407. The van der Waals surface area contributed by atoms with Gasteiger partial charge in [0.1, 0.15) is 10.6 Å². The molecule has 0 aliphatic carbocycles. The predicted molar refractivity (Wildman–Crippen MR) is 158 cm³/mol. The van der Waals surface area contributed by atoms with Crippen LogP contribution < -0.4 is 16.3 Å². The monoisotopic (exact) mass is 619 g/mol. The van der Waals surface area contributed by atoms with Gasteiger partial charge in [-0.3, -0.25) is 9.36 Å². The van der Waals surface area contributed by atoms with Gasteiger partial charge in [0.05, 0.1) is 29.2 Å². The third-order valence-electron chi connectivity index (χ3n) is 7.80. The van der Waals surface area contributed by atoms with Crippen molar-refractivity contribution in [2.24, 2.45) is 0 Å². The Balaban J connectivity index is 1.66. The molecule has 15 heteroatoms. The Bertz CT molecular complexity index is 1790. The number of aromatic nitrogens is 4. The second-order valence-corrected chi connectivity index (χ2v) is 12.4. The van der Waals surface area contributed by atoms with Crippen LogP contribution in [0.4, 0.5) is 24.9 Å². The highest BCUT2D eigenvalue weighted by molar-refractivity contribution is 7.99. The van der Waals surface area contributed by atoms with Gasteiger partial charge in [0, 0.05) is 64.8 Å². The fourth-order valence-electron chi connectivity index (χ4n) is 6.05. The first-order chi connectivity index (χ1) is 19.9. The van der Waals surface area contributed by atoms with E-state index in [2.05, 4.69) is 21.5 Å². The van der Waals surface area contributed by atoms with Crippen LogP contribution in [0.2, 0.25) is 0 Å². The summed E-state index contributed by atoms with van der Waals surface area (Å²) >= 11 is 2.41. The number of nitrogens with zero attached hydrogens (tertiary/aromatic N) is 5. The molecule has 42 heavy (non-hydrogen) atoms. The van der Waals surface area contributed by atoms with Crippen molar-refractivity contribution in [3.05, 3.63) is 40.1 Å². The molecule has 222 valence electrons. The van der Waals surface area contributed by atoms with Gasteiger partial charge in [0.25, 0.3) is 0 Å². The van der Waals surface area contributed by atoms with Crippen molar-refractivity contribution < 1.29 is 22.7 Å². The fourth-order valence-corrected chi connectivity index (χ4v) is 8.26. The van der Waals surface area contributed by atoms with Crippen LogP contribution in [-0.4, -0.2) is 74.5 Å². The molecule has 0 radical (unpaired) electrons. The summed E-state index contributed by atoms with van der Waals surface area (Å²) in [4.78, 5) is 41.9. The maximum Gasteiger partial charge on any atom is 0.417 e. The molecule has 0 bridgehead atoms. The number of amides is 1. The first-order valence-electron chi connectivity index (χ1n) is 13.2. The Hall–Kier alpha value is -3.56. The van der Waals surface area contributed by atoms with Gasteiger partial charge in [-0.1, -0.05) is 6.58 Å². The molecule has 1 saturated heterocycles. The number of aromatic amines is 1. The minimum Gasteiger partial charge on any atom is -0.379 e. The number of ether oxygens (including phenoxy) is 1. The number of H-pyrrole nitrogens is 1. The van der Waals surface area contributed by atoms with Crippen molar-refractivity contribution in [2.75, 3.05) is 36.6 Å². The number of nitrogens with one attached hydrogen (secondary N) is 1. The zero-order valence-electron chi connectivity index (χ0n) is 23.0. The molecule has 6 rings (SSSR count). The number of anilines is 2. The summed E-state index contributed by atoms with van der Waals surface area (Å²) in [7, 11) is 1.51. The summed E-state index contributed by atoms with van der Waals surface area (Å²) in [6.07, 6.45) is -3.92. The molecule has 1 amide bonds. The van der Waals surface area contributed by atoms with E-state index in [9.17, 15) is 22.8 Å². The van der Waals surface area contributed by atoms with Gasteiger partial charge in [-0.05, 0) is 26.0 Å². The first kappa shape index (κ1) is 28.6. The lowest BCUT2D eigenvalue weighted by atomic mass is 9.97. The molecule has 1 fully saturated rings.